The third kappa shape index (κ3) is 3.41. The van der Waals surface area contributed by atoms with E-state index in [4.69, 9.17) is 0 Å². The molecule has 3 saturated heterocycles. The van der Waals surface area contributed by atoms with E-state index < -0.39 is 0 Å². The van der Waals surface area contributed by atoms with E-state index in [0.29, 0.717) is 24.5 Å². The lowest BCUT2D eigenvalue weighted by molar-refractivity contribution is -0.0371. The van der Waals surface area contributed by atoms with Crippen molar-refractivity contribution in [3.8, 4) is 0 Å². The molecule has 0 spiro atoms. The number of aromatic nitrogens is 1. The zero-order valence-corrected chi connectivity index (χ0v) is 17.5. The van der Waals surface area contributed by atoms with Crippen molar-refractivity contribution in [2.45, 2.75) is 58.0 Å². The van der Waals surface area contributed by atoms with Crippen LogP contribution < -0.4 is 16.2 Å². The average Bonchev–Trinajstić information content (AvgIpc) is 2.71. The number of rotatable bonds is 4. The Morgan fingerprint density at radius 3 is 2.86 bits per heavy atom. The summed E-state index contributed by atoms with van der Waals surface area (Å²) in [4.78, 5) is 28.2. The van der Waals surface area contributed by atoms with Crippen LogP contribution in [0.1, 0.15) is 54.2 Å². The molecule has 1 aromatic heterocycles. The van der Waals surface area contributed by atoms with Gasteiger partial charge in [0.25, 0.3) is 11.5 Å². The molecule has 0 aliphatic carbocycles. The molecule has 0 unspecified atom stereocenters. The molecule has 6 heteroatoms. The molecule has 3 fully saturated rings. The van der Waals surface area contributed by atoms with Crippen LogP contribution >= 0.6 is 0 Å². The lowest BCUT2D eigenvalue weighted by Crippen LogP contribution is -2.65. The number of amides is 1. The molecule has 2 N–H and O–H groups in total. The second kappa shape index (κ2) is 7.99. The minimum Gasteiger partial charge on any atom is -0.350 e. The van der Waals surface area contributed by atoms with Gasteiger partial charge in [0.2, 0.25) is 0 Å². The predicted molar refractivity (Wildman–Crippen MR) is 111 cm³/mol. The third-order valence-corrected chi connectivity index (χ3v) is 7.33. The molecule has 3 aliphatic heterocycles. The van der Waals surface area contributed by atoms with Gasteiger partial charge in [0.15, 0.2) is 0 Å². The van der Waals surface area contributed by atoms with Crippen LogP contribution in [0.15, 0.2) is 10.9 Å². The van der Waals surface area contributed by atoms with Crippen LogP contribution in [0, 0.1) is 18.8 Å². The molecule has 154 valence electrons. The van der Waals surface area contributed by atoms with Crippen LogP contribution in [-0.4, -0.2) is 53.6 Å². The SMILES string of the molecule is CCc1c(C)cc(C(=O)NC[C@H]2[C@@H]3CNC[C@@H](C3)[C@@H]3CCCCN32)c(=O)n1C. The number of hydrogen-bond acceptors (Lipinski definition) is 4. The maximum atomic E-state index is 12.9. The van der Waals surface area contributed by atoms with E-state index in [9.17, 15) is 9.59 Å². The smallest absolute Gasteiger partial charge is 0.263 e. The summed E-state index contributed by atoms with van der Waals surface area (Å²) < 4.78 is 1.63. The average molecular weight is 387 g/mol. The summed E-state index contributed by atoms with van der Waals surface area (Å²) in [5.74, 6) is 1.11. The summed E-state index contributed by atoms with van der Waals surface area (Å²) in [5.41, 5.74) is 2.06. The normalized spacial score (nSPS) is 30.0. The first kappa shape index (κ1) is 19.6. The first-order valence-corrected chi connectivity index (χ1v) is 11.0. The molecule has 2 bridgehead atoms. The Balaban J connectivity index is 1.50. The van der Waals surface area contributed by atoms with Gasteiger partial charge in [-0.25, -0.2) is 0 Å². The molecular formula is C22H34N4O2. The quantitative estimate of drug-likeness (QED) is 0.822. The Hall–Kier alpha value is -1.66. The van der Waals surface area contributed by atoms with Gasteiger partial charge in [-0.2, -0.15) is 0 Å². The number of fused-ring (bicyclic) bond motifs is 4. The predicted octanol–water partition coefficient (Wildman–Crippen LogP) is 1.45. The van der Waals surface area contributed by atoms with Crippen LogP contribution in [0.3, 0.4) is 0 Å². The molecule has 1 aromatic rings. The van der Waals surface area contributed by atoms with Gasteiger partial charge in [0.05, 0.1) is 0 Å². The molecule has 4 rings (SSSR count). The fraction of sp³-hybridized carbons (Fsp3) is 0.727. The first-order valence-electron chi connectivity index (χ1n) is 11.0. The van der Waals surface area contributed by atoms with Gasteiger partial charge in [-0.15, -0.1) is 0 Å². The zero-order valence-electron chi connectivity index (χ0n) is 17.5. The van der Waals surface area contributed by atoms with Gasteiger partial charge >= 0.3 is 0 Å². The second-order valence-corrected chi connectivity index (χ2v) is 8.90. The molecule has 1 amide bonds. The highest BCUT2D eigenvalue weighted by atomic mass is 16.2. The van der Waals surface area contributed by atoms with Crippen molar-refractivity contribution in [1.29, 1.82) is 0 Å². The number of nitrogens with one attached hydrogen (secondary N) is 2. The molecular weight excluding hydrogens is 352 g/mol. The van der Waals surface area contributed by atoms with Gasteiger partial charge in [0.1, 0.15) is 5.56 Å². The molecule has 28 heavy (non-hydrogen) atoms. The number of aryl methyl sites for hydroxylation is 1. The van der Waals surface area contributed by atoms with E-state index in [-0.39, 0.29) is 17.0 Å². The van der Waals surface area contributed by atoms with Crippen molar-refractivity contribution < 1.29 is 4.79 Å². The molecule has 0 aromatic carbocycles. The van der Waals surface area contributed by atoms with Crippen LogP contribution in [0.5, 0.6) is 0 Å². The molecule has 0 radical (unpaired) electrons. The lowest BCUT2D eigenvalue weighted by Gasteiger charge is -2.55. The summed E-state index contributed by atoms with van der Waals surface area (Å²) in [6, 6.07) is 2.79. The summed E-state index contributed by atoms with van der Waals surface area (Å²) in [6.45, 7) is 7.95. The molecule has 6 nitrogen and oxygen atoms in total. The Morgan fingerprint density at radius 2 is 2.07 bits per heavy atom. The minimum atomic E-state index is -0.231. The maximum Gasteiger partial charge on any atom is 0.263 e. The monoisotopic (exact) mass is 386 g/mol. The highest BCUT2D eigenvalue weighted by Gasteiger charge is 2.45. The molecule has 3 aliphatic rings. The van der Waals surface area contributed by atoms with Gasteiger partial charge in [-0.1, -0.05) is 13.3 Å². The van der Waals surface area contributed by atoms with E-state index in [0.717, 1.165) is 43.2 Å². The van der Waals surface area contributed by atoms with E-state index in [1.54, 1.807) is 17.7 Å². The molecule has 4 atom stereocenters. The maximum absolute atomic E-state index is 12.9. The van der Waals surface area contributed by atoms with Crippen molar-refractivity contribution >= 4 is 5.91 Å². The van der Waals surface area contributed by atoms with Gasteiger partial charge < -0.3 is 15.2 Å². The van der Waals surface area contributed by atoms with Crippen LogP contribution in [0.25, 0.3) is 0 Å². The number of pyridine rings is 1. The fourth-order valence-corrected chi connectivity index (χ4v) is 5.95. The highest BCUT2D eigenvalue weighted by Crippen LogP contribution is 2.38. The van der Waals surface area contributed by atoms with Crippen molar-refractivity contribution in [2.75, 3.05) is 26.2 Å². The Labute approximate surface area is 167 Å². The van der Waals surface area contributed by atoms with Crippen LogP contribution in [0.2, 0.25) is 0 Å². The van der Waals surface area contributed by atoms with Crippen molar-refractivity contribution in [3.63, 3.8) is 0 Å². The lowest BCUT2D eigenvalue weighted by atomic mass is 9.73. The first-order chi connectivity index (χ1) is 13.5. The van der Waals surface area contributed by atoms with E-state index in [1.807, 2.05) is 13.8 Å². The topological polar surface area (TPSA) is 66.4 Å². The minimum absolute atomic E-state index is 0.196. The third-order valence-electron chi connectivity index (χ3n) is 7.33. The number of piperidine rings is 3. The van der Waals surface area contributed by atoms with Crippen LogP contribution in [-0.2, 0) is 13.5 Å². The molecule has 0 saturated carbocycles. The Morgan fingerprint density at radius 1 is 1.29 bits per heavy atom. The number of hydrogen-bond donors (Lipinski definition) is 2. The fourth-order valence-electron chi connectivity index (χ4n) is 5.95. The van der Waals surface area contributed by atoms with Gasteiger partial charge in [-0.3, -0.25) is 14.5 Å². The second-order valence-electron chi connectivity index (χ2n) is 8.90. The van der Waals surface area contributed by atoms with Crippen LogP contribution in [0.4, 0.5) is 0 Å². The Kier molecular flexibility index (Phi) is 5.61. The van der Waals surface area contributed by atoms with E-state index in [1.165, 1.54) is 25.7 Å². The number of carbonyl (C=O) groups excluding carboxylic acids is 1. The summed E-state index contributed by atoms with van der Waals surface area (Å²) in [6.07, 6.45) is 5.91. The van der Waals surface area contributed by atoms with Crippen molar-refractivity contribution in [2.24, 2.45) is 18.9 Å². The van der Waals surface area contributed by atoms with Crippen molar-refractivity contribution in [3.05, 3.63) is 33.2 Å². The summed E-state index contributed by atoms with van der Waals surface area (Å²) >= 11 is 0. The molecule has 4 heterocycles. The van der Waals surface area contributed by atoms with E-state index >= 15 is 0 Å². The largest absolute Gasteiger partial charge is 0.350 e. The van der Waals surface area contributed by atoms with Gasteiger partial charge in [0, 0.05) is 31.4 Å². The standard InChI is InChI=1S/C22H34N4O2/c1-4-18-14(2)9-17(22(28)25(18)3)21(27)24-13-20-16-10-15(11-23-12-16)19-7-5-6-8-26(19)20/h9,15-16,19-20,23H,4-8,10-13H2,1-3H3,(H,24,27)/t15-,16+,19+,20+/m1/s1. The van der Waals surface area contributed by atoms with Crippen molar-refractivity contribution in [1.82, 2.24) is 20.1 Å². The Bertz CT molecular complexity index is 802. The number of carbonyl (C=O) groups is 1. The summed E-state index contributed by atoms with van der Waals surface area (Å²) in [7, 11) is 1.76. The highest BCUT2D eigenvalue weighted by molar-refractivity contribution is 5.94. The van der Waals surface area contributed by atoms with Gasteiger partial charge in [-0.05, 0) is 75.7 Å². The zero-order chi connectivity index (χ0) is 19.8. The van der Waals surface area contributed by atoms with E-state index in [2.05, 4.69) is 15.5 Å². The summed E-state index contributed by atoms with van der Waals surface area (Å²) in [5, 5.41) is 6.73. The number of nitrogens with zero attached hydrogens (tertiary/aromatic N) is 2.